The number of rotatable bonds is 6. The number of hydrogen-bond acceptors (Lipinski definition) is 7. The summed E-state index contributed by atoms with van der Waals surface area (Å²) in [6.07, 6.45) is 0.206. The van der Waals surface area contributed by atoms with E-state index in [0.29, 0.717) is 37.1 Å². The van der Waals surface area contributed by atoms with Gasteiger partial charge in [-0.25, -0.2) is 9.97 Å². The van der Waals surface area contributed by atoms with Gasteiger partial charge in [0, 0.05) is 49.2 Å². The third kappa shape index (κ3) is 5.46. The third-order valence-corrected chi connectivity index (χ3v) is 6.43. The largest absolute Gasteiger partial charge is 0.378 e. The van der Waals surface area contributed by atoms with Crippen LogP contribution < -0.4 is 20.4 Å². The summed E-state index contributed by atoms with van der Waals surface area (Å²) in [5, 5.41) is 6.27. The van der Waals surface area contributed by atoms with Crippen molar-refractivity contribution in [3.8, 4) is 0 Å². The molecule has 0 aliphatic carbocycles. The molecule has 0 bridgehead atoms. The van der Waals surface area contributed by atoms with Crippen molar-refractivity contribution in [2.24, 2.45) is 5.92 Å². The van der Waals surface area contributed by atoms with Crippen molar-refractivity contribution in [1.82, 2.24) is 9.97 Å². The van der Waals surface area contributed by atoms with Crippen LogP contribution in [-0.2, 0) is 14.3 Å². The van der Waals surface area contributed by atoms with Gasteiger partial charge in [-0.05, 0) is 50.2 Å². The van der Waals surface area contributed by atoms with E-state index in [1.54, 1.807) is 4.90 Å². The highest BCUT2D eigenvalue weighted by Crippen LogP contribution is 2.27. The van der Waals surface area contributed by atoms with Crippen molar-refractivity contribution >= 4 is 40.5 Å². The van der Waals surface area contributed by atoms with Gasteiger partial charge in [-0.1, -0.05) is 17.7 Å². The Morgan fingerprint density at radius 1 is 0.972 bits per heavy atom. The van der Waals surface area contributed by atoms with Crippen molar-refractivity contribution in [2.45, 2.75) is 20.3 Å². The van der Waals surface area contributed by atoms with Crippen LogP contribution in [0.25, 0.3) is 0 Å². The lowest BCUT2D eigenvalue weighted by atomic mass is 10.1. The van der Waals surface area contributed by atoms with Crippen LogP contribution in [0.1, 0.15) is 17.8 Å². The minimum atomic E-state index is -0.390. The highest BCUT2D eigenvalue weighted by atomic mass is 16.5. The van der Waals surface area contributed by atoms with Gasteiger partial charge in [-0.15, -0.1) is 0 Å². The molecule has 9 heteroatoms. The predicted molar refractivity (Wildman–Crippen MR) is 140 cm³/mol. The van der Waals surface area contributed by atoms with Gasteiger partial charge in [0.15, 0.2) is 0 Å². The fourth-order valence-corrected chi connectivity index (χ4v) is 4.46. The highest BCUT2D eigenvalue weighted by Gasteiger charge is 2.35. The number of morpholine rings is 1. The van der Waals surface area contributed by atoms with Gasteiger partial charge in [-0.2, -0.15) is 0 Å². The van der Waals surface area contributed by atoms with Gasteiger partial charge in [0.25, 0.3) is 0 Å². The van der Waals surface area contributed by atoms with Gasteiger partial charge in [0.05, 0.1) is 19.1 Å². The molecule has 2 amide bonds. The maximum absolute atomic E-state index is 12.9. The molecule has 2 saturated heterocycles. The van der Waals surface area contributed by atoms with Crippen molar-refractivity contribution < 1.29 is 14.3 Å². The SMILES string of the molecule is Cc1ccc(N2CC(C(=O)Nc3ccc(Nc4cc(N5CCOCC5)nc(C)n4)cc3)CC2=O)cc1. The summed E-state index contributed by atoms with van der Waals surface area (Å²) in [4.78, 5) is 38.3. The first-order valence-electron chi connectivity index (χ1n) is 12.2. The lowest BCUT2D eigenvalue weighted by Crippen LogP contribution is -2.36. The molecule has 2 N–H and O–H groups in total. The Labute approximate surface area is 210 Å². The molecule has 3 aromatic rings. The Hall–Kier alpha value is -3.98. The second-order valence-corrected chi connectivity index (χ2v) is 9.19. The molecule has 9 nitrogen and oxygen atoms in total. The smallest absolute Gasteiger partial charge is 0.229 e. The molecular formula is C27H30N6O3. The lowest BCUT2D eigenvalue weighted by molar-refractivity contribution is -0.122. The van der Waals surface area contributed by atoms with E-state index in [1.807, 2.05) is 68.4 Å². The average molecular weight is 487 g/mol. The number of aryl methyl sites for hydroxylation is 2. The number of anilines is 5. The number of nitrogens with zero attached hydrogens (tertiary/aromatic N) is 4. The number of carbonyl (C=O) groups is 2. The van der Waals surface area contributed by atoms with Crippen LogP contribution in [-0.4, -0.2) is 54.6 Å². The number of hydrogen-bond donors (Lipinski definition) is 2. The zero-order valence-corrected chi connectivity index (χ0v) is 20.5. The van der Waals surface area contributed by atoms with Crippen molar-refractivity contribution in [3.05, 3.63) is 66.0 Å². The highest BCUT2D eigenvalue weighted by molar-refractivity contribution is 6.03. The van der Waals surface area contributed by atoms with Crippen LogP contribution >= 0.6 is 0 Å². The summed E-state index contributed by atoms with van der Waals surface area (Å²) in [5.74, 6) is 1.70. The van der Waals surface area contributed by atoms with Gasteiger partial charge < -0.3 is 25.2 Å². The monoisotopic (exact) mass is 486 g/mol. The summed E-state index contributed by atoms with van der Waals surface area (Å²) < 4.78 is 5.43. The Balaban J connectivity index is 1.20. The third-order valence-electron chi connectivity index (χ3n) is 6.43. The number of carbonyl (C=O) groups excluding carboxylic acids is 2. The van der Waals surface area contributed by atoms with E-state index < -0.39 is 0 Å². The van der Waals surface area contributed by atoms with Crippen LogP contribution in [0.3, 0.4) is 0 Å². The average Bonchev–Trinajstić information content (AvgIpc) is 3.27. The molecule has 3 heterocycles. The number of amides is 2. The number of benzene rings is 2. The normalized spacial score (nSPS) is 17.8. The molecular weight excluding hydrogens is 456 g/mol. The van der Waals surface area contributed by atoms with Gasteiger partial charge in [-0.3, -0.25) is 9.59 Å². The molecule has 1 aromatic heterocycles. The van der Waals surface area contributed by atoms with E-state index in [-0.39, 0.29) is 24.2 Å². The lowest BCUT2D eigenvalue weighted by Gasteiger charge is -2.28. The summed E-state index contributed by atoms with van der Waals surface area (Å²) in [6.45, 7) is 7.26. The van der Waals surface area contributed by atoms with Crippen LogP contribution in [0, 0.1) is 19.8 Å². The minimum Gasteiger partial charge on any atom is -0.378 e. The van der Waals surface area contributed by atoms with Crippen LogP contribution in [0.4, 0.5) is 28.7 Å². The minimum absolute atomic E-state index is 0.0323. The Morgan fingerprint density at radius 2 is 1.67 bits per heavy atom. The quantitative estimate of drug-likeness (QED) is 0.548. The van der Waals surface area contributed by atoms with Crippen molar-refractivity contribution in [2.75, 3.05) is 53.3 Å². The molecule has 2 aliphatic rings. The molecule has 1 atom stereocenters. The molecule has 2 aliphatic heterocycles. The maximum Gasteiger partial charge on any atom is 0.229 e. The van der Waals surface area contributed by atoms with Crippen LogP contribution in [0.5, 0.6) is 0 Å². The van der Waals surface area contributed by atoms with E-state index in [1.165, 1.54) is 0 Å². The summed E-state index contributed by atoms with van der Waals surface area (Å²) in [7, 11) is 0. The fraction of sp³-hybridized carbons (Fsp3) is 0.333. The molecule has 186 valence electrons. The first-order valence-corrected chi connectivity index (χ1v) is 12.2. The molecule has 36 heavy (non-hydrogen) atoms. The predicted octanol–water partition coefficient (Wildman–Crippen LogP) is 3.67. The summed E-state index contributed by atoms with van der Waals surface area (Å²) in [6, 6.07) is 17.2. The van der Waals surface area contributed by atoms with Crippen molar-refractivity contribution in [3.63, 3.8) is 0 Å². The van der Waals surface area contributed by atoms with Gasteiger partial charge >= 0.3 is 0 Å². The fourth-order valence-electron chi connectivity index (χ4n) is 4.46. The number of ether oxygens (including phenoxy) is 1. The zero-order valence-electron chi connectivity index (χ0n) is 20.5. The Morgan fingerprint density at radius 3 is 2.39 bits per heavy atom. The maximum atomic E-state index is 12.9. The van der Waals surface area contributed by atoms with Crippen LogP contribution in [0.15, 0.2) is 54.6 Å². The van der Waals surface area contributed by atoms with Crippen LogP contribution in [0.2, 0.25) is 0 Å². The summed E-state index contributed by atoms with van der Waals surface area (Å²) in [5.41, 5.74) is 3.48. The second-order valence-electron chi connectivity index (χ2n) is 9.19. The number of aromatic nitrogens is 2. The first kappa shape index (κ1) is 23.7. The molecule has 0 radical (unpaired) electrons. The standard InChI is InChI=1S/C27H30N6O3/c1-18-3-9-23(10-4-18)33-17-20(15-26(33)34)27(35)31-22-7-5-21(6-8-22)30-24-16-25(29-19(2)28-24)32-11-13-36-14-12-32/h3-10,16,20H,11-15,17H2,1-2H3,(H,31,35)(H,28,29,30). The first-order chi connectivity index (χ1) is 17.4. The molecule has 0 saturated carbocycles. The molecule has 1 unspecified atom stereocenters. The molecule has 2 fully saturated rings. The van der Waals surface area contributed by atoms with E-state index >= 15 is 0 Å². The Kier molecular flexibility index (Phi) is 6.81. The molecule has 5 rings (SSSR count). The topological polar surface area (TPSA) is 99.7 Å². The van der Waals surface area contributed by atoms with Crippen molar-refractivity contribution in [1.29, 1.82) is 0 Å². The van der Waals surface area contributed by atoms with E-state index in [2.05, 4.69) is 25.5 Å². The van der Waals surface area contributed by atoms with E-state index in [9.17, 15) is 9.59 Å². The van der Waals surface area contributed by atoms with E-state index in [4.69, 9.17) is 4.74 Å². The second kappa shape index (κ2) is 10.3. The number of nitrogens with one attached hydrogen (secondary N) is 2. The molecule has 0 spiro atoms. The van der Waals surface area contributed by atoms with Gasteiger partial charge in [0.2, 0.25) is 11.8 Å². The Bertz CT molecular complexity index is 1240. The van der Waals surface area contributed by atoms with E-state index in [0.717, 1.165) is 35.8 Å². The van der Waals surface area contributed by atoms with Gasteiger partial charge in [0.1, 0.15) is 17.5 Å². The summed E-state index contributed by atoms with van der Waals surface area (Å²) >= 11 is 0. The zero-order chi connectivity index (χ0) is 25.1. The molecule has 2 aromatic carbocycles.